The zero-order chi connectivity index (χ0) is 10.4. The standard InChI is InChI=1S/C11H16N2S.ClH/c1-9(2)13-11(12)14-8-10-6-4-3-5-7-10;/h3-7,9H,8H2,1-2H3,(H2,12,13);1H. The van der Waals surface area contributed by atoms with Crippen molar-refractivity contribution in [2.24, 2.45) is 10.7 Å². The lowest BCUT2D eigenvalue weighted by molar-refractivity contribution is 0.838. The van der Waals surface area contributed by atoms with Gasteiger partial charge in [-0.3, -0.25) is 4.99 Å². The number of hydrogen-bond acceptors (Lipinski definition) is 2. The van der Waals surface area contributed by atoms with Crippen LogP contribution in [-0.4, -0.2) is 11.2 Å². The van der Waals surface area contributed by atoms with Crippen molar-refractivity contribution < 1.29 is 0 Å². The van der Waals surface area contributed by atoms with E-state index in [1.54, 1.807) is 11.8 Å². The Bertz CT molecular complexity index is 299. The third-order valence-electron chi connectivity index (χ3n) is 1.61. The fourth-order valence-electron chi connectivity index (χ4n) is 1.02. The molecule has 0 atom stereocenters. The summed E-state index contributed by atoms with van der Waals surface area (Å²) in [4.78, 5) is 4.25. The zero-order valence-corrected chi connectivity index (χ0v) is 10.6. The third kappa shape index (κ3) is 6.42. The quantitative estimate of drug-likeness (QED) is 0.656. The first-order chi connectivity index (χ1) is 6.68. The van der Waals surface area contributed by atoms with Crippen molar-refractivity contribution in [2.75, 3.05) is 0 Å². The molecule has 84 valence electrons. The van der Waals surface area contributed by atoms with Gasteiger partial charge >= 0.3 is 0 Å². The van der Waals surface area contributed by atoms with Crippen LogP contribution in [0.1, 0.15) is 19.4 Å². The van der Waals surface area contributed by atoms with Gasteiger partial charge in [0.2, 0.25) is 0 Å². The molecule has 0 heterocycles. The van der Waals surface area contributed by atoms with E-state index < -0.39 is 0 Å². The van der Waals surface area contributed by atoms with Crippen LogP contribution in [0.25, 0.3) is 0 Å². The molecular formula is C11H17ClN2S. The van der Waals surface area contributed by atoms with Gasteiger partial charge in [0.15, 0.2) is 5.17 Å². The van der Waals surface area contributed by atoms with Crippen molar-refractivity contribution in [1.82, 2.24) is 0 Å². The van der Waals surface area contributed by atoms with Crippen molar-refractivity contribution in [1.29, 1.82) is 0 Å². The average molecular weight is 245 g/mol. The van der Waals surface area contributed by atoms with Crippen LogP contribution < -0.4 is 5.73 Å². The highest BCUT2D eigenvalue weighted by Gasteiger charge is 1.97. The Morgan fingerprint density at radius 1 is 1.33 bits per heavy atom. The van der Waals surface area contributed by atoms with Gasteiger partial charge in [0, 0.05) is 11.8 Å². The number of hydrogen-bond donors (Lipinski definition) is 1. The second-order valence-corrected chi connectivity index (χ2v) is 4.33. The molecule has 0 radical (unpaired) electrons. The number of rotatable bonds is 3. The molecular weight excluding hydrogens is 228 g/mol. The summed E-state index contributed by atoms with van der Waals surface area (Å²) in [5.41, 5.74) is 7.01. The Kier molecular flexibility index (Phi) is 7.26. The molecule has 0 aliphatic carbocycles. The van der Waals surface area contributed by atoms with Crippen LogP contribution in [-0.2, 0) is 5.75 Å². The fourth-order valence-corrected chi connectivity index (χ4v) is 1.82. The Labute approximate surface area is 102 Å². The Morgan fingerprint density at radius 3 is 2.47 bits per heavy atom. The van der Waals surface area contributed by atoms with Gasteiger partial charge in [-0.1, -0.05) is 42.1 Å². The maximum atomic E-state index is 5.74. The molecule has 1 aromatic rings. The SMILES string of the molecule is CC(C)N=C(N)SCc1ccccc1.Cl. The van der Waals surface area contributed by atoms with E-state index in [0.717, 1.165) is 5.75 Å². The fraction of sp³-hybridized carbons (Fsp3) is 0.364. The van der Waals surface area contributed by atoms with Crippen molar-refractivity contribution in [3.05, 3.63) is 35.9 Å². The summed E-state index contributed by atoms with van der Waals surface area (Å²) in [7, 11) is 0. The predicted molar refractivity (Wildman–Crippen MR) is 71.7 cm³/mol. The summed E-state index contributed by atoms with van der Waals surface area (Å²) in [5, 5.41) is 0.670. The molecule has 4 heteroatoms. The van der Waals surface area contributed by atoms with E-state index in [4.69, 9.17) is 5.73 Å². The molecule has 0 spiro atoms. The minimum absolute atomic E-state index is 0. The Hall–Kier alpha value is -0.670. The molecule has 1 rings (SSSR count). The van der Waals surface area contributed by atoms with E-state index in [0.29, 0.717) is 5.17 Å². The second kappa shape index (κ2) is 7.60. The number of thioether (sulfide) groups is 1. The number of benzene rings is 1. The average Bonchev–Trinajstić information content (AvgIpc) is 2.15. The van der Waals surface area contributed by atoms with Crippen LogP contribution in [0.15, 0.2) is 35.3 Å². The van der Waals surface area contributed by atoms with E-state index in [1.165, 1.54) is 5.56 Å². The molecule has 0 saturated heterocycles. The van der Waals surface area contributed by atoms with E-state index in [9.17, 15) is 0 Å². The number of aliphatic imine (C=N–C) groups is 1. The third-order valence-corrected chi connectivity index (χ3v) is 2.49. The van der Waals surface area contributed by atoms with Gasteiger partial charge in [0.25, 0.3) is 0 Å². The van der Waals surface area contributed by atoms with Gasteiger partial charge in [-0.05, 0) is 19.4 Å². The summed E-state index contributed by atoms with van der Waals surface area (Å²) in [6.45, 7) is 4.05. The molecule has 0 fully saturated rings. The summed E-state index contributed by atoms with van der Waals surface area (Å²) in [5.74, 6) is 0.892. The highest BCUT2D eigenvalue weighted by atomic mass is 35.5. The molecule has 0 aliphatic rings. The number of nitrogens with zero attached hydrogens (tertiary/aromatic N) is 1. The lowest BCUT2D eigenvalue weighted by atomic mass is 10.2. The van der Waals surface area contributed by atoms with Crippen molar-refractivity contribution in [2.45, 2.75) is 25.6 Å². The van der Waals surface area contributed by atoms with Crippen LogP contribution in [0.4, 0.5) is 0 Å². The van der Waals surface area contributed by atoms with Crippen molar-refractivity contribution >= 4 is 29.3 Å². The van der Waals surface area contributed by atoms with Crippen LogP contribution in [0.2, 0.25) is 0 Å². The van der Waals surface area contributed by atoms with Crippen LogP contribution >= 0.6 is 24.2 Å². The molecule has 1 aromatic carbocycles. The zero-order valence-electron chi connectivity index (χ0n) is 9.01. The molecule has 15 heavy (non-hydrogen) atoms. The number of nitrogens with two attached hydrogens (primary N) is 1. The Balaban J connectivity index is 0.00000196. The van der Waals surface area contributed by atoms with Gasteiger partial charge in [-0.15, -0.1) is 12.4 Å². The summed E-state index contributed by atoms with van der Waals surface area (Å²) in [6.07, 6.45) is 0. The van der Waals surface area contributed by atoms with E-state index >= 15 is 0 Å². The Morgan fingerprint density at radius 2 is 1.93 bits per heavy atom. The maximum absolute atomic E-state index is 5.74. The van der Waals surface area contributed by atoms with Crippen LogP contribution in [0.3, 0.4) is 0 Å². The molecule has 2 N–H and O–H groups in total. The van der Waals surface area contributed by atoms with Crippen molar-refractivity contribution in [3.8, 4) is 0 Å². The first-order valence-electron chi connectivity index (χ1n) is 4.68. The van der Waals surface area contributed by atoms with Crippen LogP contribution in [0, 0.1) is 0 Å². The van der Waals surface area contributed by atoms with E-state index in [-0.39, 0.29) is 18.4 Å². The number of halogens is 1. The van der Waals surface area contributed by atoms with Gasteiger partial charge in [0.1, 0.15) is 0 Å². The first kappa shape index (κ1) is 14.3. The van der Waals surface area contributed by atoms with Gasteiger partial charge in [-0.25, -0.2) is 0 Å². The first-order valence-corrected chi connectivity index (χ1v) is 5.67. The highest BCUT2D eigenvalue weighted by Crippen LogP contribution is 2.11. The minimum atomic E-state index is 0. The van der Waals surface area contributed by atoms with E-state index in [2.05, 4.69) is 17.1 Å². The number of amidine groups is 1. The summed E-state index contributed by atoms with van der Waals surface area (Å²) >= 11 is 1.59. The van der Waals surface area contributed by atoms with Crippen molar-refractivity contribution in [3.63, 3.8) is 0 Å². The van der Waals surface area contributed by atoms with Gasteiger partial charge in [0.05, 0.1) is 0 Å². The molecule has 0 saturated carbocycles. The normalized spacial score (nSPS) is 11.3. The molecule has 0 bridgehead atoms. The molecule has 0 aliphatic heterocycles. The second-order valence-electron chi connectivity index (χ2n) is 3.34. The molecule has 2 nitrogen and oxygen atoms in total. The smallest absolute Gasteiger partial charge is 0.154 e. The minimum Gasteiger partial charge on any atom is -0.379 e. The van der Waals surface area contributed by atoms with Crippen LogP contribution in [0.5, 0.6) is 0 Å². The van der Waals surface area contributed by atoms with Gasteiger partial charge < -0.3 is 5.73 Å². The molecule has 0 amide bonds. The monoisotopic (exact) mass is 244 g/mol. The lowest BCUT2D eigenvalue weighted by Gasteiger charge is -2.02. The largest absolute Gasteiger partial charge is 0.379 e. The summed E-state index contributed by atoms with van der Waals surface area (Å²) < 4.78 is 0. The highest BCUT2D eigenvalue weighted by molar-refractivity contribution is 8.13. The maximum Gasteiger partial charge on any atom is 0.154 e. The van der Waals surface area contributed by atoms with Gasteiger partial charge in [-0.2, -0.15) is 0 Å². The van der Waals surface area contributed by atoms with E-state index in [1.807, 2.05) is 32.0 Å². The molecule has 0 unspecified atom stereocenters. The predicted octanol–water partition coefficient (Wildman–Crippen LogP) is 3.06. The molecule has 0 aromatic heterocycles. The lowest BCUT2D eigenvalue weighted by Crippen LogP contribution is -2.09. The topological polar surface area (TPSA) is 38.4 Å². The summed E-state index contributed by atoms with van der Waals surface area (Å²) in [6, 6.07) is 10.5.